The Morgan fingerprint density at radius 3 is 2.67 bits per heavy atom. The van der Waals surface area contributed by atoms with Crippen molar-refractivity contribution in [2.24, 2.45) is 5.73 Å². The molecule has 1 heterocycles. The van der Waals surface area contributed by atoms with Crippen molar-refractivity contribution in [1.82, 2.24) is 9.97 Å². The molecule has 18 heavy (non-hydrogen) atoms. The van der Waals surface area contributed by atoms with Crippen LogP contribution < -0.4 is 11.1 Å². The minimum absolute atomic E-state index is 0.0493. The summed E-state index contributed by atoms with van der Waals surface area (Å²) in [6.45, 7) is 0.258. The van der Waals surface area contributed by atoms with Gasteiger partial charge in [0.25, 0.3) is 0 Å². The predicted octanol–water partition coefficient (Wildman–Crippen LogP) is 1.83. The Bertz CT molecular complexity index is 438. The Morgan fingerprint density at radius 1 is 1.44 bits per heavy atom. The minimum atomic E-state index is -4.66. The maximum Gasteiger partial charge on any atom is 0.451 e. The highest BCUT2D eigenvalue weighted by Gasteiger charge is 2.35. The number of nitrogens with two attached hydrogens (primary N) is 1. The highest BCUT2D eigenvalue weighted by atomic mass is 35.5. The van der Waals surface area contributed by atoms with Crippen molar-refractivity contribution in [3.8, 4) is 0 Å². The van der Waals surface area contributed by atoms with Gasteiger partial charge in [-0.15, -0.1) is 0 Å². The minimum Gasteiger partial charge on any atom is -0.370 e. The molecule has 0 aromatic carbocycles. The highest BCUT2D eigenvalue weighted by molar-refractivity contribution is 6.29. The smallest absolute Gasteiger partial charge is 0.370 e. The number of carbonyl (C=O) groups is 1. The van der Waals surface area contributed by atoms with Crippen LogP contribution in [0, 0.1) is 0 Å². The maximum absolute atomic E-state index is 12.4. The van der Waals surface area contributed by atoms with Crippen LogP contribution in [0.1, 0.15) is 18.7 Å². The van der Waals surface area contributed by atoms with Gasteiger partial charge >= 0.3 is 6.18 Å². The molecule has 0 spiro atoms. The van der Waals surface area contributed by atoms with Crippen molar-refractivity contribution in [3.05, 3.63) is 17.0 Å². The van der Waals surface area contributed by atoms with Crippen LogP contribution in [0.3, 0.4) is 0 Å². The number of amides is 1. The molecule has 9 heteroatoms. The van der Waals surface area contributed by atoms with Crippen molar-refractivity contribution >= 4 is 23.3 Å². The first-order valence-corrected chi connectivity index (χ1v) is 5.31. The molecule has 3 N–H and O–H groups in total. The molecule has 0 bridgehead atoms. The van der Waals surface area contributed by atoms with E-state index in [-0.39, 0.29) is 23.9 Å². The summed E-state index contributed by atoms with van der Waals surface area (Å²) >= 11 is 5.45. The molecular weight excluding hydrogens is 273 g/mol. The van der Waals surface area contributed by atoms with Crippen LogP contribution in [0.4, 0.5) is 19.0 Å². The van der Waals surface area contributed by atoms with Crippen LogP contribution in [0.2, 0.25) is 5.15 Å². The average Bonchev–Trinajstić information content (AvgIpc) is 2.22. The molecule has 0 saturated carbocycles. The standard InChI is InChI=1S/C9H10ClF3N4O/c10-5-4-7(15-3-1-2-6(14)18)17-8(16-5)9(11,12)13/h4H,1-3H2,(H2,14,18)(H,15,16,17). The van der Waals surface area contributed by atoms with E-state index in [9.17, 15) is 18.0 Å². The summed E-state index contributed by atoms with van der Waals surface area (Å²) in [5.41, 5.74) is 4.92. The number of alkyl halides is 3. The summed E-state index contributed by atoms with van der Waals surface area (Å²) < 4.78 is 37.1. The zero-order valence-electron chi connectivity index (χ0n) is 9.09. The number of carbonyl (C=O) groups excluding carboxylic acids is 1. The van der Waals surface area contributed by atoms with E-state index in [0.717, 1.165) is 0 Å². The molecule has 1 aromatic heterocycles. The molecule has 1 aromatic rings. The molecule has 0 aliphatic rings. The number of nitrogens with one attached hydrogen (secondary N) is 1. The van der Waals surface area contributed by atoms with Gasteiger partial charge in [0.15, 0.2) is 0 Å². The quantitative estimate of drug-likeness (QED) is 0.638. The third-order valence-electron chi connectivity index (χ3n) is 1.85. The third kappa shape index (κ3) is 4.74. The first kappa shape index (κ1) is 14.5. The van der Waals surface area contributed by atoms with E-state index in [0.29, 0.717) is 6.42 Å². The molecule has 0 fully saturated rings. The van der Waals surface area contributed by atoms with Gasteiger partial charge in [0.2, 0.25) is 11.7 Å². The van der Waals surface area contributed by atoms with Gasteiger partial charge in [-0.1, -0.05) is 11.6 Å². The Morgan fingerprint density at radius 2 is 2.11 bits per heavy atom. The Balaban J connectivity index is 2.66. The molecule has 100 valence electrons. The SMILES string of the molecule is NC(=O)CCCNc1cc(Cl)nc(C(F)(F)F)n1. The molecule has 1 amide bonds. The largest absolute Gasteiger partial charge is 0.451 e. The van der Waals surface area contributed by atoms with Gasteiger partial charge in [-0.05, 0) is 6.42 Å². The number of halogens is 4. The lowest BCUT2D eigenvalue weighted by Crippen LogP contribution is -2.15. The van der Waals surface area contributed by atoms with E-state index in [1.807, 2.05) is 0 Å². The molecule has 0 unspecified atom stereocenters. The molecule has 0 radical (unpaired) electrons. The fraction of sp³-hybridized carbons (Fsp3) is 0.444. The lowest BCUT2D eigenvalue weighted by atomic mass is 10.3. The second-order valence-corrected chi connectivity index (χ2v) is 3.78. The van der Waals surface area contributed by atoms with Crippen LogP contribution in [0.25, 0.3) is 0 Å². The normalized spacial score (nSPS) is 11.3. The first-order valence-electron chi connectivity index (χ1n) is 4.93. The van der Waals surface area contributed by atoms with Gasteiger partial charge in [0, 0.05) is 19.0 Å². The number of hydrogen-bond acceptors (Lipinski definition) is 4. The average molecular weight is 283 g/mol. The lowest BCUT2D eigenvalue weighted by Gasteiger charge is -2.09. The third-order valence-corrected chi connectivity index (χ3v) is 2.05. The van der Waals surface area contributed by atoms with Crippen LogP contribution in [0.5, 0.6) is 0 Å². The van der Waals surface area contributed by atoms with E-state index in [1.54, 1.807) is 0 Å². The number of anilines is 1. The number of primary amides is 1. The van der Waals surface area contributed by atoms with Gasteiger partial charge < -0.3 is 11.1 Å². The van der Waals surface area contributed by atoms with Crippen molar-refractivity contribution in [3.63, 3.8) is 0 Å². The molecule has 0 aliphatic heterocycles. The van der Waals surface area contributed by atoms with Crippen molar-refractivity contribution < 1.29 is 18.0 Å². The Labute approximate surface area is 106 Å². The number of nitrogens with zero attached hydrogens (tertiary/aromatic N) is 2. The van der Waals surface area contributed by atoms with E-state index >= 15 is 0 Å². The molecule has 0 saturated heterocycles. The number of hydrogen-bond donors (Lipinski definition) is 2. The van der Waals surface area contributed by atoms with Crippen LogP contribution in [-0.2, 0) is 11.0 Å². The van der Waals surface area contributed by atoms with Crippen molar-refractivity contribution in [2.75, 3.05) is 11.9 Å². The second kappa shape index (κ2) is 5.85. The fourth-order valence-corrected chi connectivity index (χ4v) is 1.30. The van der Waals surface area contributed by atoms with E-state index in [1.165, 1.54) is 6.07 Å². The van der Waals surface area contributed by atoms with Gasteiger partial charge in [0.05, 0.1) is 0 Å². The highest BCUT2D eigenvalue weighted by Crippen LogP contribution is 2.28. The summed E-state index contributed by atoms with van der Waals surface area (Å²) in [5, 5.41) is 2.30. The van der Waals surface area contributed by atoms with Crippen molar-refractivity contribution in [2.45, 2.75) is 19.0 Å². The summed E-state index contributed by atoms with van der Waals surface area (Å²) in [7, 11) is 0. The van der Waals surface area contributed by atoms with E-state index < -0.39 is 17.9 Å². The summed E-state index contributed by atoms with van der Waals surface area (Å²) in [6, 6.07) is 1.17. The molecular formula is C9H10ClF3N4O. The second-order valence-electron chi connectivity index (χ2n) is 3.39. The molecule has 5 nitrogen and oxygen atoms in total. The zero-order chi connectivity index (χ0) is 13.8. The number of rotatable bonds is 5. The van der Waals surface area contributed by atoms with Crippen LogP contribution >= 0.6 is 11.6 Å². The Kier molecular flexibility index (Phi) is 4.71. The molecule has 0 aliphatic carbocycles. The van der Waals surface area contributed by atoms with E-state index in [4.69, 9.17) is 17.3 Å². The topological polar surface area (TPSA) is 80.9 Å². The van der Waals surface area contributed by atoms with Crippen LogP contribution in [-0.4, -0.2) is 22.4 Å². The lowest BCUT2D eigenvalue weighted by molar-refractivity contribution is -0.144. The zero-order valence-corrected chi connectivity index (χ0v) is 9.85. The molecule has 1 rings (SSSR count). The van der Waals surface area contributed by atoms with Crippen LogP contribution in [0.15, 0.2) is 6.07 Å². The van der Waals surface area contributed by atoms with Gasteiger partial charge in [-0.25, -0.2) is 9.97 Å². The van der Waals surface area contributed by atoms with Gasteiger partial charge in [-0.3, -0.25) is 4.79 Å². The van der Waals surface area contributed by atoms with Gasteiger partial charge in [-0.2, -0.15) is 13.2 Å². The van der Waals surface area contributed by atoms with Gasteiger partial charge in [0.1, 0.15) is 11.0 Å². The predicted molar refractivity (Wildman–Crippen MR) is 59.0 cm³/mol. The Hall–Kier alpha value is -1.57. The first-order chi connectivity index (χ1) is 8.29. The summed E-state index contributed by atoms with van der Waals surface area (Å²) in [5.74, 6) is -1.84. The molecule has 0 atom stereocenters. The number of aromatic nitrogens is 2. The summed E-state index contributed by atoms with van der Waals surface area (Å²) in [4.78, 5) is 16.8. The maximum atomic E-state index is 12.4. The van der Waals surface area contributed by atoms with E-state index in [2.05, 4.69) is 15.3 Å². The fourth-order valence-electron chi connectivity index (χ4n) is 1.11. The monoisotopic (exact) mass is 282 g/mol. The summed E-state index contributed by atoms with van der Waals surface area (Å²) in [6.07, 6.45) is -4.13. The van der Waals surface area contributed by atoms with Crippen molar-refractivity contribution in [1.29, 1.82) is 0 Å².